The predicted octanol–water partition coefficient (Wildman–Crippen LogP) is 15.6. The molecule has 3 heterocycles. The zero-order chi connectivity index (χ0) is 39.3. The van der Waals surface area contributed by atoms with Gasteiger partial charge in [0.2, 0.25) is 0 Å². The van der Waals surface area contributed by atoms with Crippen LogP contribution in [-0.4, -0.2) is 5.71 Å². The summed E-state index contributed by atoms with van der Waals surface area (Å²) in [6.07, 6.45) is 3.96. The predicted molar refractivity (Wildman–Crippen MR) is 247 cm³/mol. The molecule has 0 N–H and O–H groups in total. The van der Waals surface area contributed by atoms with Gasteiger partial charge in [-0.05, 0) is 123 Å². The van der Waals surface area contributed by atoms with E-state index >= 15 is 0 Å². The van der Waals surface area contributed by atoms with Crippen LogP contribution in [0.25, 0.3) is 88.5 Å². The fraction of sp³-hybridized carbons (Fsp3) is 0.0536. The third-order valence-corrected chi connectivity index (χ3v) is 11.8. The van der Waals surface area contributed by atoms with E-state index in [2.05, 4.69) is 177 Å². The summed E-state index contributed by atoms with van der Waals surface area (Å²) in [5, 5.41) is 4.46. The molecule has 0 radical (unpaired) electrons. The van der Waals surface area contributed by atoms with E-state index in [-0.39, 0.29) is 0 Å². The van der Waals surface area contributed by atoms with Gasteiger partial charge < -0.3 is 8.83 Å². The minimum Gasteiger partial charge on any atom is -0.456 e. The number of nitrogens with zero attached hydrogens (tertiary/aromatic N) is 1. The summed E-state index contributed by atoms with van der Waals surface area (Å²) < 4.78 is 12.5. The molecule has 0 unspecified atom stereocenters. The minimum atomic E-state index is 0.744. The Morgan fingerprint density at radius 2 is 0.864 bits per heavy atom. The lowest BCUT2D eigenvalue weighted by Gasteiger charge is -2.16. The van der Waals surface area contributed by atoms with Crippen LogP contribution in [0.4, 0.5) is 0 Å². The van der Waals surface area contributed by atoms with E-state index in [0.717, 1.165) is 107 Å². The molecule has 3 nitrogen and oxygen atoms in total. The Balaban J connectivity index is 1.14. The zero-order valence-electron chi connectivity index (χ0n) is 32.7. The Kier molecular flexibility index (Phi) is 8.52. The zero-order valence-corrected chi connectivity index (χ0v) is 32.7. The molecule has 10 aromatic rings. The van der Waals surface area contributed by atoms with Crippen molar-refractivity contribution in [2.75, 3.05) is 0 Å². The van der Waals surface area contributed by atoms with Crippen LogP contribution in [0, 0.1) is 0 Å². The normalized spacial score (nSPS) is 13.3. The van der Waals surface area contributed by atoms with Crippen LogP contribution < -0.4 is 0 Å². The molecule has 0 saturated heterocycles. The molecule has 280 valence electrons. The largest absolute Gasteiger partial charge is 0.456 e. The summed E-state index contributed by atoms with van der Waals surface area (Å²) in [6.45, 7) is 2.27. The standard InChI is InChI=1S/C56H39NO2/c1-2-36-34-51(38-16-7-4-8-17-38)57-52(42-19-13-18-39(28-42)37-14-5-3-6-15-37)35-48(36)45-30-43(40-24-26-55-49(32-40)46-20-9-11-22-53(46)58-55)29-44(31-45)41-25-27-56-50(33-41)47-21-10-12-23-54(47)59-56/h3-33,35H,2,34H2,1H3. The first kappa shape index (κ1) is 34.7. The Hall–Kier alpha value is -7.49. The first-order valence-electron chi connectivity index (χ1n) is 20.4. The van der Waals surface area contributed by atoms with Gasteiger partial charge in [-0.3, -0.25) is 4.99 Å². The maximum absolute atomic E-state index is 6.27. The van der Waals surface area contributed by atoms with Gasteiger partial charge in [0.1, 0.15) is 22.3 Å². The van der Waals surface area contributed by atoms with Crippen molar-refractivity contribution in [1.82, 2.24) is 0 Å². The molecule has 1 aliphatic heterocycles. The van der Waals surface area contributed by atoms with Crippen molar-refractivity contribution >= 4 is 60.9 Å². The molecule has 3 heteroatoms. The van der Waals surface area contributed by atoms with Crippen molar-refractivity contribution in [3.8, 4) is 33.4 Å². The number of para-hydroxylation sites is 2. The second-order valence-corrected chi connectivity index (χ2v) is 15.4. The molecular formula is C56H39NO2. The highest BCUT2D eigenvalue weighted by molar-refractivity contribution is 6.10. The quantitative estimate of drug-likeness (QED) is 0.162. The molecular weight excluding hydrogens is 719 g/mol. The lowest BCUT2D eigenvalue weighted by Crippen LogP contribution is -2.03. The summed E-state index contributed by atoms with van der Waals surface area (Å²) in [5.74, 6) is 0. The molecule has 0 bridgehead atoms. The van der Waals surface area contributed by atoms with Crippen molar-refractivity contribution in [1.29, 1.82) is 0 Å². The van der Waals surface area contributed by atoms with Crippen molar-refractivity contribution < 1.29 is 8.83 Å². The van der Waals surface area contributed by atoms with E-state index < -0.39 is 0 Å². The topological polar surface area (TPSA) is 38.6 Å². The highest BCUT2D eigenvalue weighted by Gasteiger charge is 2.20. The highest BCUT2D eigenvalue weighted by atomic mass is 16.3. The van der Waals surface area contributed by atoms with Gasteiger partial charge in [-0.2, -0.15) is 0 Å². The molecule has 0 spiro atoms. The average Bonchev–Trinajstić information content (AvgIpc) is 3.80. The third kappa shape index (κ3) is 6.38. The fourth-order valence-corrected chi connectivity index (χ4v) is 8.72. The Morgan fingerprint density at radius 1 is 0.390 bits per heavy atom. The summed E-state index contributed by atoms with van der Waals surface area (Å²) in [6, 6.07) is 66.8. The Bertz CT molecular complexity index is 3190. The van der Waals surface area contributed by atoms with Crippen molar-refractivity contribution in [3.63, 3.8) is 0 Å². The van der Waals surface area contributed by atoms with Crippen LogP contribution in [0.15, 0.2) is 214 Å². The maximum Gasteiger partial charge on any atom is 0.135 e. The maximum atomic E-state index is 6.27. The van der Waals surface area contributed by atoms with Gasteiger partial charge in [-0.1, -0.05) is 140 Å². The number of fused-ring (bicyclic) bond motifs is 6. The summed E-state index contributed by atoms with van der Waals surface area (Å²) in [4.78, 5) is 5.52. The van der Waals surface area contributed by atoms with Crippen LogP contribution in [0.1, 0.15) is 36.5 Å². The smallest absolute Gasteiger partial charge is 0.135 e. The molecule has 0 atom stereocenters. The number of hydrogen-bond acceptors (Lipinski definition) is 3. The minimum absolute atomic E-state index is 0.744. The first-order chi connectivity index (χ1) is 29.1. The van der Waals surface area contributed by atoms with E-state index in [4.69, 9.17) is 13.8 Å². The number of allylic oxidation sites excluding steroid dienone is 3. The van der Waals surface area contributed by atoms with E-state index in [0.29, 0.717) is 0 Å². The monoisotopic (exact) mass is 757 g/mol. The van der Waals surface area contributed by atoms with Gasteiger partial charge in [-0.25, -0.2) is 0 Å². The number of furan rings is 2. The molecule has 0 aliphatic carbocycles. The molecule has 11 rings (SSSR count). The van der Waals surface area contributed by atoms with Gasteiger partial charge in [0.25, 0.3) is 0 Å². The van der Waals surface area contributed by atoms with E-state index in [9.17, 15) is 0 Å². The van der Waals surface area contributed by atoms with E-state index in [1.807, 2.05) is 24.3 Å². The third-order valence-electron chi connectivity index (χ3n) is 11.8. The molecule has 0 saturated carbocycles. The second-order valence-electron chi connectivity index (χ2n) is 15.4. The summed E-state index contributed by atoms with van der Waals surface area (Å²) in [5.41, 5.74) is 18.4. The van der Waals surface area contributed by atoms with Crippen LogP contribution in [0.3, 0.4) is 0 Å². The van der Waals surface area contributed by atoms with Crippen LogP contribution in [0.2, 0.25) is 0 Å². The summed E-state index contributed by atoms with van der Waals surface area (Å²) >= 11 is 0. The van der Waals surface area contributed by atoms with Gasteiger partial charge in [0.05, 0.1) is 11.4 Å². The molecule has 0 fully saturated rings. The number of aliphatic imine (C=N–C) groups is 1. The summed E-state index contributed by atoms with van der Waals surface area (Å²) in [7, 11) is 0. The fourth-order valence-electron chi connectivity index (χ4n) is 8.72. The second kappa shape index (κ2) is 14.5. The Labute approximate surface area is 342 Å². The van der Waals surface area contributed by atoms with Crippen LogP contribution in [-0.2, 0) is 0 Å². The van der Waals surface area contributed by atoms with E-state index in [1.54, 1.807) is 0 Å². The lowest BCUT2D eigenvalue weighted by atomic mass is 9.88. The molecule has 1 aliphatic rings. The molecule has 59 heavy (non-hydrogen) atoms. The van der Waals surface area contributed by atoms with E-state index in [1.165, 1.54) is 22.3 Å². The first-order valence-corrected chi connectivity index (χ1v) is 20.4. The number of hydrogen-bond donors (Lipinski definition) is 0. The molecule has 0 amide bonds. The molecule has 8 aromatic carbocycles. The van der Waals surface area contributed by atoms with Crippen LogP contribution >= 0.6 is 0 Å². The SMILES string of the molecule is CCC1=C(c2cc(-c3ccc4oc5ccccc5c4c3)cc(-c3ccc4oc5ccccc5c4c3)c2)C=C(c2cccc(-c3ccccc3)c2)N=C(c2ccccc2)C1. The Morgan fingerprint density at radius 3 is 1.47 bits per heavy atom. The van der Waals surface area contributed by atoms with Gasteiger partial charge >= 0.3 is 0 Å². The number of benzene rings is 8. The average molecular weight is 758 g/mol. The lowest BCUT2D eigenvalue weighted by molar-refractivity contribution is 0.668. The van der Waals surface area contributed by atoms with Gasteiger partial charge in [0.15, 0.2) is 0 Å². The number of rotatable bonds is 7. The van der Waals surface area contributed by atoms with Crippen molar-refractivity contribution in [3.05, 3.63) is 216 Å². The highest BCUT2D eigenvalue weighted by Crippen LogP contribution is 2.41. The van der Waals surface area contributed by atoms with Crippen molar-refractivity contribution in [2.24, 2.45) is 4.99 Å². The van der Waals surface area contributed by atoms with Crippen LogP contribution in [0.5, 0.6) is 0 Å². The molecule has 2 aromatic heterocycles. The van der Waals surface area contributed by atoms with Gasteiger partial charge in [-0.15, -0.1) is 0 Å². The van der Waals surface area contributed by atoms with Crippen molar-refractivity contribution in [2.45, 2.75) is 19.8 Å². The van der Waals surface area contributed by atoms with Gasteiger partial charge in [0, 0.05) is 33.5 Å².